The molecule has 1 aliphatic heterocycles. The summed E-state index contributed by atoms with van der Waals surface area (Å²) < 4.78 is 0. The van der Waals surface area contributed by atoms with E-state index < -0.39 is 0 Å². The molecule has 0 radical (unpaired) electrons. The van der Waals surface area contributed by atoms with E-state index in [1.54, 1.807) is 12.1 Å². The van der Waals surface area contributed by atoms with Crippen LogP contribution in [0.5, 0.6) is 0 Å². The number of carbonyl (C=O) groups is 1. The van der Waals surface area contributed by atoms with E-state index in [9.17, 15) is 4.79 Å². The molecule has 92 valence electrons. The molecular weight excluding hydrogens is 216 g/mol. The van der Waals surface area contributed by atoms with E-state index in [1.807, 2.05) is 0 Å². The highest BCUT2D eigenvalue weighted by molar-refractivity contribution is 5.91. The molecule has 17 heavy (non-hydrogen) atoms. The summed E-state index contributed by atoms with van der Waals surface area (Å²) in [6.45, 7) is 2.48. The molecule has 0 bridgehead atoms. The Morgan fingerprint density at radius 3 is 2.76 bits per heavy atom. The topological polar surface area (TPSA) is 71.2 Å². The van der Waals surface area contributed by atoms with E-state index in [0.717, 1.165) is 13.1 Å². The van der Waals surface area contributed by atoms with Gasteiger partial charge in [-0.2, -0.15) is 0 Å². The number of pyridine rings is 1. The summed E-state index contributed by atoms with van der Waals surface area (Å²) >= 11 is 0. The van der Waals surface area contributed by atoms with Gasteiger partial charge in [0.2, 0.25) is 5.91 Å². The monoisotopic (exact) mass is 234 g/mol. The summed E-state index contributed by atoms with van der Waals surface area (Å²) in [4.78, 5) is 18.0. The number of nitrogens with two attached hydrogens (primary N) is 1. The number of rotatable bonds is 3. The zero-order chi connectivity index (χ0) is 12.1. The van der Waals surface area contributed by atoms with Crippen molar-refractivity contribution in [2.45, 2.75) is 19.3 Å². The average Bonchev–Trinajstić information content (AvgIpc) is 2.33. The van der Waals surface area contributed by atoms with Crippen LogP contribution in [0.2, 0.25) is 0 Å². The van der Waals surface area contributed by atoms with Gasteiger partial charge in [0.05, 0.1) is 18.4 Å². The maximum Gasteiger partial charge on any atom is 0.239 e. The molecule has 2 heterocycles. The first-order chi connectivity index (χ1) is 8.24. The van der Waals surface area contributed by atoms with Crippen molar-refractivity contribution in [1.82, 2.24) is 9.88 Å². The van der Waals surface area contributed by atoms with Gasteiger partial charge in [0.15, 0.2) is 0 Å². The maximum absolute atomic E-state index is 11.7. The molecule has 0 saturated carbocycles. The van der Waals surface area contributed by atoms with Crippen molar-refractivity contribution in [3.8, 4) is 0 Å². The quantitative estimate of drug-likeness (QED) is 0.821. The number of nitrogen functional groups attached to an aromatic ring is 1. The van der Waals surface area contributed by atoms with Gasteiger partial charge in [-0.15, -0.1) is 0 Å². The first-order valence-electron chi connectivity index (χ1n) is 5.98. The normalized spacial score (nSPS) is 16.7. The van der Waals surface area contributed by atoms with Gasteiger partial charge >= 0.3 is 0 Å². The van der Waals surface area contributed by atoms with Gasteiger partial charge in [-0.1, -0.05) is 6.42 Å². The van der Waals surface area contributed by atoms with E-state index >= 15 is 0 Å². The second-order valence-electron chi connectivity index (χ2n) is 4.36. The Bertz CT molecular complexity index is 371. The molecular formula is C12H18N4O. The molecule has 0 spiro atoms. The fourth-order valence-corrected chi connectivity index (χ4v) is 1.98. The minimum atomic E-state index is -0.0100. The minimum Gasteiger partial charge on any atom is -0.397 e. The predicted octanol–water partition coefficient (Wildman–Crippen LogP) is 1.09. The summed E-state index contributed by atoms with van der Waals surface area (Å²) in [6.07, 6.45) is 5.19. The van der Waals surface area contributed by atoms with Crippen molar-refractivity contribution in [2.24, 2.45) is 0 Å². The molecule has 5 nitrogen and oxygen atoms in total. The number of nitrogens with zero attached hydrogens (tertiary/aromatic N) is 2. The second kappa shape index (κ2) is 5.63. The average molecular weight is 234 g/mol. The van der Waals surface area contributed by atoms with Crippen LogP contribution in [0.15, 0.2) is 18.3 Å². The standard InChI is InChI=1S/C12H18N4O/c13-10-4-5-11(14-8-10)15-12(17)9-16-6-2-1-3-7-16/h4-5,8H,1-3,6-7,9,13H2,(H,14,15,17). The number of carbonyl (C=O) groups excluding carboxylic acids is 1. The molecule has 0 atom stereocenters. The van der Waals surface area contributed by atoms with Crippen molar-refractivity contribution in [1.29, 1.82) is 0 Å². The lowest BCUT2D eigenvalue weighted by Gasteiger charge is -2.25. The van der Waals surface area contributed by atoms with Gasteiger partial charge in [-0.25, -0.2) is 4.98 Å². The Kier molecular flexibility index (Phi) is 3.93. The number of nitrogens with one attached hydrogen (secondary N) is 1. The van der Waals surface area contributed by atoms with Crippen LogP contribution in [-0.4, -0.2) is 35.4 Å². The number of likely N-dealkylation sites (tertiary alicyclic amines) is 1. The van der Waals surface area contributed by atoms with Crippen molar-refractivity contribution in [3.05, 3.63) is 18.3 Å². The van der Waals surface area contributed by atoms with Gasteiger partial charge in [0, 0.05) is 0 Å². The maximum atomic E-state index is 11.7. The summed E-state index contributed by atoms with van der Waals surface area (Å²) in [5.74, 6) is 0.547. The van der Waals surface area contributed by atoms with Crippen LogP contribution in [0.4, 0.5) is 11.5 Å². The molecule has 1 fully saturated rings. The molecule has 0 unspecified atom stereocenters. The molecule has 2 rings (SSSR count). The third-order valence-electron chi connectivity index (χ3n) is 2.87. The summed E-state index contributed by atoms with van der Waals surface area (Å²) in [5.41, 5.74) is 6.12. The summed E-state index contributed by atoms with van der Waals surface area (Å²) in [6, 6.07) is 3.44. The van der Waals surface area contributed by atoms with Gasteiger partial charge < -0.3 is 11.1 Å². The van der Waals surface area contributed by atoms with Crippen molar-refractivity contribution >= 4 is 17.4 Å². The summed E-state index contributed by atoms with van der Waals surface area (Å²) in [7, 11) is 0. The van der Waals surface area contributed by atoms with Gasteiger partial charge in [0.1, 0.15) is 5.82 Å². The molecule has 5 heteroatoms. The van der Waals surface area contributed by atoms with Gasteiger partial charge in [-0.05, 0) is 38.1 Å². The van der Waals surface area contributed by atoms with Crippen LogP contribution in [0.1, 0.15) is 19.3 Å². The largest absolute Gasteiger partial charge is 0.397 e. The van der Waals surface area contributed by atoms with Crippen LogP contribution in [0, 0.1) is 0 Å². The first kappa shape index (κ1) is 11.9. The Hall–Kier alpha value is -1.62. The van der Waals surface area contributed by atoms with Gasteiger partial charge in [0.25, 0.3) is 0 Å². The number of hydrogen-bond acceptors (Lipinski definition) is 4. The molecule has 1 aromatic heterocycles. The number of amides is 1. The number of hydrogen-bond donors (Lipinski definition) is 2. The molecule has 1 amide bonds. The fourth-order valence-electron chi connectivity index (χ4n) is 1.98. The molecule has 0 aromatic carbocycles. The van der Waals surface area contributed by atoms with Crippen LogP contribution in [0.25, 0.3) is 0 Å². The Morgan fingerprint density at radius 2 is 2.12 bits per heavy atom. The highest BCUT2D eigenvalue weighted by atomic mass is 16.2. The number of piperidine rings is 1. The van der Waals surface area contributed by atoms with E-state index in [-0.39, 0.29) is 5.91 Å². The van der Waals surface area contributed by atoms with Crippen molar-refractivity contribution in [3.63, 3.8) is 0 Å². The Balaban J connectivity index is 1.82. The smallest absolute Gasteiger partial charge is 0.239 e. The lowest BCUT2D eigenvalue weighted by Crippen LogP contribution is -2.36. The Morgan fingerprint density at radius 1 is 1.35 bits per heavy atom. The van der Waals surface area contributed by atoms with E-state index in [2.05, 4.69) is 15.2 Å². The zero-order valence-corrected chi connectivity index (χ0v) is 9.85. The zero-order valence-electron chi connectivity index (χ0n) is 9.85. The van der Waals surface area contributed by atoms with Crippen molar-refractivity contribution < 1.29 is 4.79 Å². The Labute approximate surface area is 101 Å². The molecule has 0 aliphatic carbocycles. The number of aromatic nitrogens is 1. The van der Waals surface area contributed by atoms with E-state index in [0.29, 0.717) is 18.1 Å². The fraction of sp³-hybridized carbons (Fsp3) is 0.500. The van der Waals surface area contributed by atoms with Crippen LogP contribution in [-0.2, 0) is 4.79 Å². The molecule has 1 saturated heterocycles. The van der Waals surface area contributed by atoms with Crippen LogP contribution >= 0.6 is 0 Å². The van der Waals surface area contributed by atoms with E-state index in [1.165, 1.54) is 25.5 Å². The molecule has 1 aliphatic rings. The van der Waals surface area contributed by atoms with Crippen LogP contribution in [0.3, 0.4) is 0 Å². The highest BCUT2D eigenvalue weighted by Gasteiger charge is 2.13. The third kappa shape index (κ3) is 3.71. The first-order valence-corrected chi connectivity index (χ1v) is 5.98. The summed E-state index contributed by atoms with van der Waals surface area (Å²) in [5, 5.41) is 2.77. The lowest BCUT2D eigenvalue weighted by molar-refractivity contribution is -0.117. The number of anilines is 2. The minimum absolute atomic E-state index is 0.0100. The predicted molar refractivity (Wildman–Crippen MR) is 67.6 cm³/mol. The second-order valence-corrected chi connectivity index (χ2v) is 4.36. The SMILES string of the molecule is Nc1ccc(NC(=O)CN2CCCCC2)nc1. The van der Waals surface area contributed by atoms with Crippen molar-refractivity contribution in [2.75, 3.05) is 30.7 Å². The van der Waals surface area contributed by atoms with Crippen LogP contribution < -0.4 is 11.1 Å². The lowest BCUT2D eigenvalue weighted by atomic mass is 10.1. The molecule has 3 N–H and O–H groups in total. The molecule has 1 aromatic rings. The highest BCUT2D eigenvalue weighted by Crippen LogP contribution is 2.09. The third-order valence-corrected chi connectivity index (χ3v) is 2.87. The van der Waals surface area contributed by atoms with E-state index in [4.69, 9.17) is 5.73 Å². The van der Waals surface area contributed by atoms with Gasteiger partial charge in [-0.3, -0.25) is 9.69 Å².